The highest BCUT2D eigenvalue weighted by Gasteiger charge is 2.08. The normalized spacial score (nSPS) is 10.9. The highest BCUT2D eigenvalue weighted by Crippen LogP contribution is 2.29. The smallest absolute Gasteiger partial charge is 0.116 e. The molecule has 0 unspecified atom stereocenters. The highest BCUT2D eigenvalue weighted by atomic mass is 79.9. The van der Waals surface area contributed by atoms with E-state index in [4.69, 9.17) is 0 Å². The van der Waals surface area contributed by atoms with Gasteiger partial charge < -0.3 is 5.11 Å². The minimum Gasteiger partial charge on any atom is -0.508 e. The molecule has 0 fully saturated rings. The van der Waals surface area contributed by atoms with Gasteiger partial charge in [0.2, 0.25) is 0 Å². The second-order valence-electron chi connectivity index (χ2n) is 3.81. The van der Waals surface area contributed by atoms with Crippen molar-refractivity contribution in [2.75, 3.05) is 0 Å². The Bertz CT molecular complexity index is 691. The van der Waals surface area contributed by atoms with Crippen molar-refractivity contribution in [3.63, 3.8) is 0 Å². The van der Waals surface area contributed by atoms with E-state index in [-0.39, 0.29) is 5.75 Å². The molecular weight excluding hydrogens is 280 g/mol. The lowest BCUT2D eigenvalue weighted by Gasteiger charge is -1.98. The van der Waals surface area contributed by atoms with Crippen LogP contribution in [0.5, 0.6) is 5.75 Å². The molecule has 3 aromatic rings. The van der Waals surface area contributed by atoms with Crippen molar-refractivity contribution in [2.24, 2.45) is 0 Å². The van der Waals surface area contributed by atoms with Crippen LogP contribution in [0.2, 0.25) is 0 Å². The number of hydrogen-bond acceptors (Lipinski definition) is 2. The van der Waals surface area contributed by atoms with Crippen LogP contribution in [0, 0.1) is 0 Å². The van der Waals surface area contributed by atoms with E-state index >= 15 is 0 Å². The number of rotatable bonds is 1. The zero-order valence-corrected chi connectivity index (χ0v) is 10.4. The maximum Gasteiger partial charge on any atom is 0.116 e. The van der Waals surface area contributed by atoms with E-state index in [1.807, 2.05) is 30.3 Å². The second-order valence-corrected chi connectivity index (χ2v) is 4.73. The largest absolute Gasteiger partial charge is 0.508 e. The van der Waals surface area contributed by atoms with Gasteiger partial charge in [0.15, 0.2) is 0 Å². The Morgan fingerprint density at radius 2 is 2.00 bits per heavy atom. The Hall–Kier alpha value is -1.81. The number of nitrogens with one attached hydrogen (secondary N) is 1. The first-order valence-corrected chi connectivity index (χ1v) is 5.96. The fourth-order valence-corrected chi connectivity index (χ4v) is 2.23. The number of benzene rings is 2. The first-order valence-electron chi connectivity index (χ1n) is 5.17. The summed E-state index contributed by atoms with van der Waals surface area (Å²) in [5, 5.41) is 17.8. The number of halogens is 1. The molecule has 0 amide bonds. The third-order valence-electron chi connectivity index (χ3n) is 2.64. The molecular formula is C13H9BrN2O. The van der Waals surface area contributed by atoms with E-state index in [1.165, 1.54) is 0 Å². The van der Waals surface area contributed by atoms with E-state index in [9.17, 15) is 5.11 Å². The number of aromatic nitrogens is 2. The summed E-state index contributed by atoms with van der Waals surface area (Å²) in [5.41, 5.74) is 2.72. The molecule has 3 rings (SSSR count). The summed E-state index contributed by atoms with van der Waals surface area (Å²) >= 11 is 3.42. The lowest BCUT2D eigenvalue weighted by Crippen LogP contribution is -1.78. The molecule has 0 aliphatic rings. The number of phenols is 1. The van der Waals surface area contributed by atoms with Crippen molar-refractivity contribution < 1.29 is 5.11 Å². The molecule has 4 heteroatoms. The Kier molecular flexibility index (Phi) is 2.37. The van der Waals surface area contributed by atoms with Crippen LogP contribution in [0.3, 0.4) is 0 Å². The third-order valence-corrected chi connectivity index (χ3v) is 3.14. The van der Waals surface area contributed by atoms with E-state index in [1.54, 1.807) is 12.1 Å². The summed E-state index contributed by atoms with van der Waals surface area (Å²) < 4.78 is 1.01. The first kappa shape index (κ1) is 10.4. The molecule has 1 heterocycles. The Morgan fingerprint density at radius 3 is 2.82 bits per heavy atom. The van der Waals surface area contributed by atoms with E-state index in [0.717, 1.165) is 26.6 Å². The van der Waals surface area contributed by atoms with Gasteiger partial charge in [0.25, 0.3) is 0 Å². The maximum atomic E-state index is 9.48. The second kappa shape index (κ2) is 3.89. The lowest BCUT2D eigenvalue weighted by atomic mass is 10.1. The van der Waals surface area contributed by atoms with Gasteiger partial charge in [-0.1, -0.05) is 28.1 Å². The number of nitrogens with zero attached hydrogens (tertiary/aromatic N) is 1. The van der Waals surface area contributed by atoms with Gasteiger partial charge in [-0.25, -0.2) is 0 Å². The van der Waals surface area contributed by atoms with Crippen molar-refractivity contribution in [1.29, 1.82) is 0 Å². The van der Waals surface area contributed by atoms with Crippen molar-refractivity contribution >= 4 is 26.8 Å². The monoisotopic (exact) mass is 288 g/mol. The minimum absolute atomic E-state index is 0.246. The van der Waals surface area contributed by atoms with Crippen LogP contribution < -0.4 is 0 Å². The average molecular weight is 289 g/mol. The van der Waals surface area contributed by atoms with Crippen LogP contribution in [0.25, 0.3) is 22.2 Å². The van der Waals surface area contributed by atoms with Gasteiger partial charge in [0, 0.05) is 15.4 Å². The van der Waals surface area contributed by atoms with Gasteiger partial charge >= 0.3 is 0 Å². The molecule has 0 spiro atoms. The van der Waals surface area contributed by atoms with Gasteiger partial charge in [-0.2, -0.15) is 5.10 Å². The maximum absolute atomic E-state index is 9.48. The lowest BCUT2D eigenvalue weighted by molar-refractivity contribution is 0.475. The fraction of sp³-hybridized carbons (Fsp3) is 0. The van der Waals surface area contributed by atoms with Gasteiger partial charge in [-0.15, -0.1) is 0 Å². The molecule has 0 aliphatic heterocycles. The van der Waals surface area contributed by atoms with Gasteiger partial charge in [-0.05, 0) is 30.3 Å². The van der Waals surface area contributed by atoms with Crippen LogP contribution in [0.4, 0.5) is 0 Å². The summed E-state index contributed by atoms with van der Waals surface area (Å²) in [4.78, 5) is 0. The highest BCUT2D eigenvalue weighted by molar-refractivity contribution is 9.10. The van der Waals surface area contributed by atoms with Gasteiger partial charge in [-0.3, -0.25) is 5.10 Å². The molecule has 84 valence electrons. The SMILES string of the molecule is Oc1cccc(-c2n[nH]c3cc(Br)ccc23)c1. The van der Waals surface area contributed by atoms with Crippen LogP contribution in [-0.4, -0.2) is 15.3 Å². The molecule has 1 aromatic heterocycles. The topological polar surface area (TPSA) is 48.9 Å². The molecule has 2 aromatic carbocycles. The van der Waals surface area contributed by atoms with Crippen molar-refractivity contribution in [3.05, 3.63) is 46.9 Å². The Morgan fingerprint density at radius 1 is 1.12 bits per heavy atom. The molecule has 0 bridgehead atoms. The first-order chi connectivity index (χ1) is 8.24. The molecule has 0 saturated carbocycles. The van der Waals surface area contributed by atoms with E-state index < -0.39 is 0 Å². The van der Waals surface area contributed by atoms with Crippen LogP contribution in [-0.2, 0) is 0 Å². The number of H-pyrrole nitrogens is 1. The van der Waals surface area contributed by atoms with Crippen molar-refractivity contribution in [2.45, 2.75) is 0 Å². The predicted molar refractivity (Wildman–Crippen MR) is 70.9 cm³/mol. The molecule has 0 radical (unpaired) electrons. The molecule has 0 atom stereocenters. The van der Waals surface area contributed by atoms with Gasteiger partial charge in [0.1, 0.15) is 11.4 Å². The van der Waals surface area contributed by atoms with E-state index in [0.29, 0.717) is 0 Å². The van der Waals surface area contributed by atoms with E-state index in [2.05, 4.69) is 26.1 Å². The Labute approximate surface area is 106 Å². The van der Waals surface area contributed by atoms with Gasteiger partial charge in [0.05, 0.1) is 5.52 Å². The number of aromatic amines is 1. The van der Waals surface area contributed by atoms with Crippen molar-refractivity contribution in [3.8, 4) is 17.0 Å². The number of fused-ring (bicyclic) bond motifs is 1. The predicted octanol–water partition coefficient (Wildman–Crippen LogP) is 3.70. The molecule has 2 N–H and O–H groups in total. The standard InChI is InChI=1S/C13H9BrN2O/c14-9-4-5-11-12(7-9)15-16-13(11)8-2-1-3-10(17)6-8/h1-7,17H,(H,15,16). The van der Waals surface area contributed by atoms with Crippen LogP contribution in [0.15, 0.2) is 46.9 Å². The average Bonchev–Trinajstić information content (AvgIpc) is 2.71. The summed E-state index contributed by atoms with van der Waals surface area (Å²) in [5.74, 6) is 0.246. The number of aromatic hydroxyl groups is 1. The Balaban J connectivity index is 2.24. The van der Waals surface area contributed by atoms with Crippen LogP contribution >= 0.6 is 15.9 Å². The zero-order chi connectivity index (χ0) is 11.8. The van der Waals surface area contributed by atoms with Crippen LogP contribution in [0.1, 0.15) is 0 Å². The minimum atomic E-state index is 0.246. The number of phenolic OH excluding ortho intramolecular Hbond substituents is 1. The summed E-state index contributed by atoms with van der Waals surface area (Å²) in [6.45, 7) is 0. The molecule has 3 nitrogen and oxygen atoms in total. The zero-order valence-electron chi connectivity index (χ0n) is 8.81. The summed E-state index contributed by atoms with van der Waals surface area (Å²) in [7, 11) is 0. The fourth-order valence-electron chi connectivity index (χ4n) is 1.87. The summed E-state index contributed by atoms with van der Waals surface area (Å²) in [6, 6.07) is 13.1. The van der Waals surface area contributed by atoms with Crippen molar-refractivity contribution in [1.82, 2.24) is 10.2 Å². The molecule has 0 saturated heterocycles. The number of hydrogen-bond donors (Lipinski definition) is 2. The third kappa shape index (κ3) is 1.80. The molecule has 17 heavy (non-hydrogen) atoms. The summed E-state index contributed by atoms with van der Waals surface area (Å²) in [6.07, 6.45) is 0. The molecule has 0 aliphatic carbocycles. The quantitative estimate of drug-likeness (QED) is 0.717.